The van der Waals surface area contributed by atoms with Crippen molar-refractivity contribution in [2.45, 2.75) is 32.9 Å². The molecule has 0 aliphatic carbocycles. The van der Waals surface area contributed by atoms with E-state index in [1.165, 1.54) is 22.0 Å². The summed E-state index contributed by atoms with van der Waals surface area (Å²) in [5, 5.41) is 11.8. The molecule has 3 aromatic rings. The molecule has 2 aromatic carbocycles. The number of nitrogen functional groups attached to an aromatic ring is 1. The van der Waals surface area contributed by atoms with Crippen molar-refractivity contribution in [1.82, 2.24) is 14.9 Å². The number of anilines is 1. The maximum absolute atomic E-state index is 12.4. The van der Waals surface area contributed by atoms with Crippen LogP contribution in [0.3, 0.4) is 0 Å². The second-order valence-electron chi connectivity index (χ2n) is 6.66. The first-order chi connectivity index (χ1) is 12.8. The summed E-state index contributed by atoms with van der Waals surface area (Å²) in [5.41, 5.74) is 6.16. The molecule has 27 heavy (non-hydrogen) atoms. The lowest BCUT2D eigenvalue weighted by atomic mass is 10.1. The second-order valence-corrected chi connectivity index (χ2v) is 7.60. The third-order valence-corrected chi connectivity index (χ3v) is 5.16. The zero-order valence-corrected chi connectivity index (χ0v) is 16.7. The van der Waals surface area contributed by atoms with Gasteiger partial charge in [-0.1, -0.05) is 53.2 Å². The van der Waals surface area contributed by atoms with E-state index in [1.807, 2.05) is 52.0 Å². The van der Waals surface area contributed by atoms with Gasteiger partial charge in [0.15, 0.2) is 5.82 Å². The summed E-state index contributed by atoms with van der Waals surface area (Å²) in [6, 6.07) is 12.0. The van der Waals surface area contributed by atoms with Crippen LogP contribution in [0.15, 0.2) is 41.6 Å². The van der Waals surface area contributed by atoms with Gasteiger partial charge in [-0.25, -0.2) is 4.68 Å². The van der Waals surface area contributed by atoms with Gasteiger partial charge in [-0.2, -0.15) is 0 Å². The van der Waals surface area contributed by atoms with Crippen LogP contribution in [-0.2, 0) is 4.79 Å². The molecule has 6 nitrogen and oxygen atoms in total. The summed E-state index contributed by atoms with van der Waals surface area (Å²) >= 11 is 1.26. The van der Waals surface area contributed by atoms with E-state index in [0.29, 0.717) is 11.0 Å². The molecule has 3 N–H and O–H groups in total. The number of aryl methyl sites for hydroxylation is 4. The van der Waals surface area contributed by atoms with Gasteiger partial charge in [0.05, 0.1) is 5.75 Å². The Kier molecular flexibility index (Phi) is 5.51. The van der Waals surface area contributed by atoms with Crippen LogP contribution in [0.5, 0.6) is 0 Å². The third-order valence-electron chi connectivity index (χ3n) is 4.21. The second kappa shape index (κ2) is 7.84. The van der Waals surface area contributed by atoms with Crippen molar-refractivity contribution in [3.63, 3.8) is 0 Å². The Morgan fingerprint density at radius 1 is 1.07 bits per heavy atom. The molecular formula is C20H23N5OS. The molecule has 0 radical (unpaired) electrons. The van der Waals surface area contributed by atoms with E-state index in [4.69, 9.17) is 5.84 Å². The predicted octanol–water partition coefficient (Wildman–Crippen LogP) is 3.62. The number of rotatable bonds is 5. The quantitative estimate of drug-likeness (QED) is 0.521. The molecular weight excluding hydrogens is 358 g/mol. The highest BCUT2D eigenvalue weighted by atomic mass is 32.2. The molecule has 1 amide bonds. The Bertz CT molecular complexity index is 973. The summed E-state index contributed by atoms with van der Waals surface area (Å²) in [5.74, 6) is 6.81. The highest BCUT2D eigenvalue weighted by Crippen LogP contribution is 2.24. The maximum Gasteiger partial charge on any atom is 0.234 e. The van der Waals surface area contributed by atoms with Gasteiger partial charge in [-0.05, 0) is 44.9 Å². The molecule has 0 saturated carbocycles. The lowest BCUT2D eigenvalue weighted by molar-refractivity contribution is -0.113. The van der Waals surface area contributed by atoms with Crippen molar-refractivity contribution in [2.75, 3.05) is 16.9 Å². The van der Waals surface area contributed by atoms with Crippen LogP contribution in [-0.4, -0.2) is 26.5 Å². The topological polar surface area (TPSA) is 85.8 Å². The zero-order valence-electron chi connectivity index (χ0n) is 15.9. The summed E-state index contributed by atoms with van der Waals surface area (Å²) in [6.45, 7) is 8.04. The van der Waals surface area contributed by atoms with Crippen LogP contribution < -0.4 is 11.2 Å². The summed E-state index contributed by atoms with van der Waals surface area (Å²) < 4.78 is 1.43. The number of aromatic nitrogens is 3. The molecule has 0 bridgehead atoms. The highest BCUT2D eigenvalue weighted by molar-refractivity contribution is 7.99. The number of nitrogens with zero attached hydrogens (tertiary/aromatic N) is 3. The van der Waals surface area contributed by atoms with E-state index < -0.39 is 0 Å². The number of thioether (sulfide) groups is 1. The van der Waals surface area contributed by atoms with Crippen LogP contribution in [0.2, 0.25) is 0 Å². The van der Waals surface area contributed by atoms with Gasteiger partial charge in [0.2, 0.25) is 11.1 Å². The number of hydrogen-bond donors (Lipinski definition) is 2. The summed E-state index contributed by atoms with van der Waals surface area (Å²) in [4.78, 5) is 12.4. The normalized spacial score (nSPS) is 10.8. The minimum atomic E-state index is -0.102. The molecule has 0 fully saturated rings. The Morgan fingerprint density at radius 3 is 2.44 bits per heavy atom. The predicted molar refractivity (Wildman–Crippen MR) is 110 cm³/mol. The maximum atomic E-state index is 12.4. The first-order valence-electron chi connectivity index (χ1n) is 8.63. The smallest absolute Gasteiger partial charge is 0.234 e. The lowest BCUT2D eigenvalue weighted by Gasteiger charge is -2.12. The number of benzene rings is 2. The number of carbonyl (C=O) groups is 1. The number of hydrogen-bond acceptors (Lipinski definition) is 5. The van der Waals surface area contributed by atoms with Gasteiger partial charge in [0.1, 0.15) is 0 Å². The Labute approximate surface area is 163 Å². The van der Waals surface area contributed by atoms with Crippen molar-refractivity contribution < 1.29 is 4.79 Å². The molecule has 1 heterocycles. The van der Waals surface area contributed by atoms with Crippen LogP contribution >= 0.6 is 11.8 Å². The van der Waals surface area contributed by atoms with E-state index in [2.05, 4.69) is 27.6 Å². The summed E-state index contributed by atoms with van der Waals surface area (Å²) in [6.07, 6.45) is 0. The Hall–Kier alpha value is -2.80. The minimum absolute atomic E-state index is 0.102. The number of nitrogens with one attached hydrogen (secondary N) is 1. The molecule has 0 atom stereocenters. The largest absolute Gasteiger partial charge is 0.335 e. The molecule has 0 aliphatic rings. The molecule has 3 rings (SSSR count). The van der Waals surface area contributed by atoms with Crippen LogP contribution in [0, 0.1) is 27.7 Å². The number of carbonyl (C=O) groups excluding carboxylic acids is 1. The lowest BCUT2D eigenvalue weighted by Crippen LogP contribution is -2.17. The van der Waals surface area contributed by atoms with Gasteiger partial charge >= 0.3 is 0 Å². The zero-order chi connectivity index (χ0) is 19.6. The number of nitrogens with two attached hydrogens (primary N) is 1. The van der Waals surface area contributed by atoms with Crippen molar-refractivity contribution >= 4 is 23.4 Å². The molecule has 0 aliphatic heterocycles. The molecule has 7 heteroatoms. The Balaban J connectivity index is 1.68. The van der Waals surface area contributed by atoms with Gasteiger partial charge < -0.3 is 11.2 Å². The van der Waals surface area contributed by atoms with E-state index in [-0.39, 0.29) is 11.7 Å². The fourth-order valence-corrected chi connectivity index (χ4v) is 3.70. The standard InChI is InChI=1S/C20H23N5OS/c1-12-6-5-7-16(10-12)19-23-24-20(25(19)21)27-11-17(26)22-18-14(3)8-13(2)9-15(18)4/h5-10H,11,21H2,1-4H3,(H,22,26). The van der Waals surface area contributed by atoms with Gasteiger partial charge in [0, 0.05) is 11.3 Å². The molecule has 0 unspecified atom stereocenters. The Morgan fingerprint density at radius 2 is 1.78 bits per heavy atom. The van der Waals surface area contributed by atoms with Crippen molar-refractivity contribution in [3.05, 3.63) is 58.7 Å². The number of amides is 1. The molecule has 1 aromatic heterocycles. The molecule has 0 spiro atoms. The van der Waals surface area contributed by atoms with Crippen molar-refractivity contribution in [2.24, 2.45) is 0 Å². The van der Waals surface area contributed by atoms with E-state index in [0.717, 1.165) is 27.9 Å². The molecule has 140 valence electrons. The van der Waals surface area contributed by atoms with Crippen molar-refractivity contribution in [3.8, 4) is 11.4 Å². The van der Waals surface area contributed by atoms with Gasteiger partial charge in [0.25, 0.3) is 0 Å². The van der Waals surface area contributed by atoms with E-state index >= 15 is 0 Å². The first-order valence-corrected chi connectivity index (χ1v) is 9.61. The van der Waals surface area contributed by atoms with Gasteiger partial charge in [-0.15, -0.1) is 10.2 Å². The SMILES string of the molecule is Cc1cccc(-c2nnc(SCC(=O)Nc3c(C)cc(C)cc3C)n2N)c1. The van der Waals surface area contributed by atoms with Crippen LogP contribution in [0.1, 0.15) is 22.3 Å². The fraction of sp³-hybridized carbons (Fsp3) is 0.250. The monoisotopic (exact) mass is 381 g/mol. The average Bonchev–Trinajstić information content (AvgIpc) is 2.97. The van der Waals surface area contributed by atoms with Gasteiger partial charge in [-0.3, -0.25) is 4.79 Å². The highest BCUT2D eigenvalue weighted by Gasteiger charge is 2.15. The third kappa shape index (κ3) is 4.31. The first kappa shape index (κ1) is 19.0. The average molecular weight is 382 g/mol. The molecule has 0 saturated heterocycles. The van der Waals surface area contributed by atoms with Crippen molar-refractivity contribution in [1.29, 1.82) is 0 Å². The van der Waals surface area contributed by atoms with Crippen LogP contribution in [0.25, 0.3) is 11.4 Å². The van der Waals surface area contributed by atoms with E-state index in [9.17, 15) is 4.79 Å². The summed E-state index contributed by atoms with van der Waals surface area (Å²) in [7, 11) is 0. The van der Waals surface area contributed by atoms with Crippen LogP contribution in [0.4, 0.5) is 5.69 Å². The fourth-order valence-electron chi connectivity index (χ4n) is 3.04. The van der Waals surface area contributed by atoms with E-state index in [1.54, 1.807) is 0 Å². The minimum Gasteiger partial charge on any atom is -0.335 e.